The minimum atomic E-state index is -0.567. The topological polar surface area (TPSA) is 42.0 Å². The van der Waals surface area contributed by atoms with Crippen molar-refractivity contribution >= 4 is 5.91 Å². The molecule has 4 rings (SSSR count). The quantitative estimate of drug-likeness (QED) is 0.411. The molecule has 1 N–H and O–H groups in total. The van der Waals surface area contributed by atoms with Crippen molar-refractivity contribution in [1.29, 1.82) is 0 Å². The molecule has 3 aromatic carbocycles. The molecule has 3 nitrogen and oxygen atoms in total. The van der Waals surface area contributed by atoms with Crippen LogP contribution in [-0.4, -0.2) is 17.4 Å². The first-order valence-corrected chi connectivity index (χ1v) is 10.6. The lowest BCUT2D eigenvalue weighted by molar-refractivity contribution is -0.121. The van der Waals surface area contributed by atoms with Crippen LogP contribution in [0.1, 0.15) is 28.7 Å². The SMILES string of the molecule is O=C(CC(c1ccccc1)(c1ccccc1)c1ccccc1)NCCc1cccnc1. The number of hydrogen-bond acceptors (Lipinski definition) is 2. The van der Waals surface area contributed by atoms with E-state index in [-0.39, 0.29) is 5.91 Å². The second-order valence-electron chi connectivity index (χ2n) is 7.64. The van der Waals surface area contributed by atoms with E-state index < -0.39 is 5.41 Å². The van der Waals surface area contributed by atoms with Gasteiger partial charge in [-0.3, -0.25) is 9.78 Å². The molecule has 1 heterocycles. The Morgan fingerprint density at radius 3 is 1.68 bits per heavy atom. The predicted octanol–water partition coefficient (Wildman–Crippen LogP) is 5.17. The Hall–Kier alpha value is -3.72. The molecule has 154 valence electrons. The Bertz CT molecular complexity index is 984. The highest BCUT2D eigenvalue weighted by atomic mass is 16.1. The molecule has 4 aromatic rings. The van der Waals surface area contributed by atoms with E-state index in [2.05, 4.69) is 46.7 Å². The van der Waals surface area contributed by atoms with Crippen LogP contribution in [0.4, 0.5) is 0 Å². The normalized spacial score (nSPS) is 11.1. The van der Waals surface area contributed by atoms with E-state index in [9.17, 15) is 4.79 Å². The van der Waals surface area contributed by atoms with Gasteiger partial charge in [0.05, 0.1) is 5.41 Å². The number of benzene rings is 3. The first kappa shape index (κ1) is 20.5. The molecule has 3 heteroatoms. The molecule has 0 radical (unpaired) electrons. The van der Waals surface area contributed by atoms with Crippen LogP contribution in [0.25, 0.3) is 0 Å². The van der Waals surface area contributed by atoms with E-state index in [4.69, 9.17) is 0 Å². The summed E-state index contributed by atoms with van der Waals surface area (Å²) in [7, 11) is 0. The monoisotopic (exact) mass is 406 g/mol. The highest BCUT2D eigenvalue weighted by molar-refractivity contribution is 5.80. The highest BCUT2D eigenvalue weighted by Gasteiger charge is 2.38. The second kappa shape index (κ2) is 9.86. The summed E-state index contributed by atoms with van der Waals surface area (Å²) in [6, 6.07) is 34.9. The first-order valence-electron chi connectivity index (χ1n) is 10.6. The van der Waals surface area contributed by atoms with Crippen molar-refractivity contribution in [2.45, 2.75) is 18.3 Å². The molecule has 31 heavy (non-hydrogen) atoms. The third-order valence-corrected chi connectivity index (χ3v) is 5.68. The predicted molar refractivity (Wildman–Crippen MR) is 125 cm³/mol. The number of amides is 1. The molecule has 1 amide bonds. The molecule has 0 fully saturated rings. The molecule has 0 aliphatic rings. The van der Waals surface area contributed by atoms with Crippen LogP contribution in [0, 0.1) is 0 Å². The van der Waals surface area contributed by atoms with E-state index >= 15 is 0 Å². The Balaban J connectivity index is 1.67. The smallest absolute Gasteiger partial charge is 0.221 e. The van der Waals surface area contributed by atoms with E-state index in [1.165, 1.54) is 0 Å². The number of aromatic nitrogens is 1. The number of carbonyl (C=O) groups is 1. The molecular weight excluding hydrogens is 380 g/mol. The summed E-state index contributed by atoms with van der Waals surface area (Å²) in [5.41, 5.74) is 3.87. The van der Waals surface area contributed by atoms with Crippen LogP contribution in [0.5, 0.6) is 0 Å². The van der Waals surface area contributed by atoms with Gasteiger partial charge in [-0.1, -0.05) is 97.1 Å². The molecule has 0 saturated carbocycles. The highest BCUT2D eigenvalue weighted by Crippen LogP contribution is 2.42. The van der Waals surface area contributed by atoms with Gasteiger partial charge in [0.1, 0.15) is 0 Å². The van der Waals surface area contributed by atoms with Gasteiger partial charge in [-0.25, -0.2) is 0 Å². The molecule has 0 aliphatic heterocycles. The van der Waals surface area contributed by atoms with E-state index in [1.54, 1.807) is 6.20 Å². The molecule has 0 aliphatic carbocycles. The zero-order valence-electron chi connectivity index (χ0n) is 17.4. The van der Waals surface area contributed by atoms with Crippen molar-refractivity contribution < 1.29 is 4.79 Å². The lowest BCUT2D eigenvalue weighted by Crippen LogP contribution is -2.37. The van der Waals surface area contributed by atoms with Gasteiger partial charge in [0, 0.05) is 25.4 Å². The summed E-state index contributed by atoms with van der Waals surface area (Å²) in [5, 5.41) is 3.13. The summed E-state index contributed by atoms with van der Waals surface area (Å²) in [5.74, 6) is 0.0282. The van der Waals surface area contributed by atoms with Crippen LogP contribution >= 0.6 is 0 Å². The van der Waals surface area contributed by atoms with E-state index in [0.29, 0.717) is 13.0 Å². The lowest BCUT2D eigenvalue weighted by atomic mass is 9.67. The van der Waals surface area contributed by atoms with E-state index in [0.717, 1.165) is 28.7 Å². The maximum absolute atomic E-state index is 13.2. The number of pyridine rings is 1. The van der Waals surface area contributed by atoms with Gasteiger partial charge < -0.3 is 5.32 Å². The number of hydrogen-bond donors (Lipinski definition) is 1. The molecule has 0 atom stereocenters. The van der Waals surface area contributed by atoms with Gasteiger partial charge in [0.15, 0.2) is 0 Å². The van der Waals surface area contributed by atoms with E-state index in [1.807, 2.05) is 72.9 Å². The Morgan fingerprint density at radius 1 is 0.710 bits per heavy atom. The summed E-state index contributed by atoms with van der Waals surface area (Å²) in [6.07, 6.45) is 4.69. The van der Waals surface area contributed by atoms with Crippen LogP contribution in [-0.2, 0) is 16.6 Å². The average molecular weight is 407 g/mol. The summed E-state index contributed by atoms with van der Waals surface area (Å²) >= 11 is 0. The van der Waals surface area contributed by atoms with Crippen LogP contribution in [0.3, 0.4) is 0 Å². The number of carbonyl (C=O) groups excluding carboxylic acids is 1. The maximum Gasteiger partial charge on any atom is 0.221 e. The van der Waals surface area contributed by atoms with Crippen molar-refractivity contribution in [3.05, 3.63) is 138 Å². The average Bonchev–Trinajstić information content (AvgIpc) is 2.85. The second-order valence-corrected chi connectivity index (χ2v) is 7.64. The number of nitrogens with one attached hydrogen (secondary N) is 1. The van der Waals surface area contributed by atoms with Gasteiger partial charge in [0.25, 0.3) is 0 Å². The minimum Gasteiger partial charge on any atom is -0.356 e. The number of nitrogens with zero attached hydrogens (tertiary/aromatic N) is 1. The molecular formula is C28H26N2O. The fourth-order valence-electron chi connectivity index (χ4n) is 4.17. The molecule has 1 aromatic heterocycles. The van der Waals surface area contributed by atoms with Gasteiger partial charge >= 0.3 is 0 Å². The summed E-state index contributed by atoms with van der Waals surface area (Å²) in [4.78, 5) is 17.4. The fourth-order valence-corrected chi connectivity index (χ4v) is 4.17. The van der Waals surface area contributed by atoms with Crippen molar-refractivity contribution in [3.8, 4) is 0 Å². The molecule has 0 bridgehead atoms. The van der Waals surface area contributed by atoms with Crippen molar-refractivity contribution in [1.82, 2.24) is 10.3 Å². The third-order valence-electron chi connectivity index (χ3n) is 5.68. The van der Waals surface area contributed by atoms with Crippen molar-refractivity contribution in [2.75, 3.05) is 6.54 Å². The summed E-state index contributed by atoms with van der Waals surface area (Å²) < 4.78 is 0. The van der Waals surface area contributed by atoms with Gasteiger partial charge in [-0.05, 0) is 34.7 Å². The first-order chi connectivity index (χ1) is 15.3. The minimum absolute atomic E-state index is 0.0282. The lowest BCUT2D eigenvalue weighted by Gasteiger charge is -2.35. The third kappa shape index (κ3) is 4.72. The van der Waals surface area contributed by atoms with Crippen molar-refractivity contribution in [3.63, 3.8) is 0 Å². The molecule has 0 spiro atoms. The molecule has 0 saturated heterocycles. The zero-order valence-corrected chi connectivity index (χ0v) is 17.4. The van der Waals surface area contributed by atoms with Gasteiger partial charge in [-0.15, -0.1) is 0 Å². The Kier molecular flexibility index (Phi) is 6.53. The largest absolute Gasteiger partial charge is 0.356 e. The zero-order chi connectivity index (χ0) is 21.4. The van der Waals surface area contributed by atoms with Crippen LogP contribution in [0.2, 0.25) is 0 Å². The molecule has 0 unspecified atom stereocenters. The fraction of sp³-hybridized carbons (Fsp3) is 0.143. The summed E-state index contributed by atoms with van der Waals surface area (Å²) in [6.45, 7) is 0.582. The maximum atomic E-state index is 13.2. The Morgan fingerprint density at radius 2 is 1.23 bits per heavy atom. The van der Waals surface area contributed by atoms with Crippen molar-refractivity contribution in [2.24, 2.45) is 0 Å². The number of rotatable bonds is 8. The van der Waals surface area contributed by atoms with Crippen LogP contribution < -0.4 is 5.32 Å². The van der Waals surface area contributed by atoms with Gasteiger partial charge in [-0.2, -0.15) is 0 Å². The Labute approximate surface area is 183 Å². The van der Waals surface area contributed by atoms with Crippen LogP contribution in [0.15, 0.2) is 116 Å². The van der Waals surface area contributed by atoms with Gasteiger partial charge in [0.2, 0.25) is 5.91 Å². The standard InChI is InChI=1S/C28H26N2O/c31-27(30-20-18-23-11-10-19-29-22-23)21-28(24-12-4-1-5-13-24,25-14-6-2-7-15-25)26-16-8-3-9-17-26/h1-17,19,22H,18,20-21H2,(H,30,31).